The van der Waals surface area contributed by atoms with Crippen LogP contribution in [0.3, 0.4) is 0 Å². The number of nitrogens with zero attached hydrogens (tertiary/aromatic N) is 4. The third-order valence-electron chi connectivity index (χ3n) is 4.33. The molecule has 2 aliphatic rings. The zero-order valence-electron chi connectivity index (χ0n) is 12.8. The molecular weight excluding hydrogens is 268 g/mol. The molecule has 0 unspecified atom stereocenters. The fourth-order valence-corrected chi connectivity index (χ4v) is 3.09. The summed E-state index contributed by atoms with van der Waals surface area (Å²) >= 11 is 0. The largest absolute Gasteiger partial charge is 0.360 e. The van der Waals surface area contributed by atoms with Gasteiger partial charge in [0.1, 0.15) is 0 Å². The number of urea groups is 1. The zero-order valence-corrected chi connectivity index (χ0v) is 12.8. The molecule has 116 valence electrons. The Bertz CT molecular complexity index is 474. The quantitative estimate of drug-likeness (QED) is 0.832. The summed E-state index contributed by atoms with van der Waals surface area (Å²) in [6.45, 7) is 7.99. The number of carbonyl (C=O) groups is 1. The number of hydrogen-bond acceptors (Lipinski definition) is 4. The molecule has 1 aromatic rings. The van der Waals surface area contributed by atoms with Gasteiger partial charge in [0.25, 0.3) is 0 Å². The first kappa shape index (κ1) is 14.4. The second kappa shape index (κ2) is 6.47. The van der Waals surface area contributed by atoms with E-state index in [1.807, 2.05) is 22.8 Å². The van der Waals surface area contributed by atoms with Crippen molar-refractivity contribution in [2.24, 2.45) is 0 Å². The number of carbonyl (C=O) groups excluding carboxylic acids is 1. The maximum atomic E-state index is 12.4. The van der Waals surface area contributed by atoms with E-state index in [-0.39, 0.29) is 6.03 Å². The van der Waals surface area contributed by atoms with Gasteiger partial charge in [-0.3, -0.25) is 4.90 Å². The van der Waals surface area contributed by atoms with Gasteiger partial charge < -0.3 is 14.3 Å². The average Bonchev–Trinajstić information content (AvgIpc) is 2.93. The highest BCUT2D eigenvalue weighted by Gasteiger charge is 2.26. The fourth-order valence-electron chi connectivity index (χ4n) is 3.09. The monoisotopic (exact) mass is 292 g/mol. The number of piperazine rings is 1. The van der Waals surface area contributed by atoms with E-state index in [1.54, 1.807) is 0 Å². The molecule has 0 bridgehead atoms. The minimum Gasteiger partial charge on any atom is -0.360 e. The molecule has 2 fully saturated rings. The summed E-state index contributed by atoms with van der Waals surface area (Å²) in [5.74, 6) is 0.906. The summed E-state index contributed by atoms with van der Waals surface area (Å²) in [6, 6.07) is 2.20. The summed E-state index contributed by atoms with van der Waals surface area (Å²) in [7, 11) is 0. The minimum atomic E-state index is 0.227. The molecule has 1 aromatic heterocycles. The molecule has 0 saturated carbocycles. The third kappa shape index (κ3) is 3.56. The van der Waals surface area contributed by atoms with Crippen molar-refractivity contribution in [3.8, 4) is 0 Å². The van der Waals surface area contributed by atoms with Crippen molar-refractivity contribution < 1.29 is 9.32 Å². The molecule has 6 heteroatoms. The number of aryl methyl sites for hydroxylation is 1. The van der Waals surface area contributed by atoms with Crippen molar-refractivity contribution in [2.45, 2.75) is 32.7 Å². The summed E-state index contributed by atoms with van der Waals surface area (Å²) < 4.78 is 5.26. The maximum absolute atomic E-state index is 12.4. The average molecular weight is 292 g/mol. The molecule has 0 atom stereocenters. The van der Waals surface area contributed by atoms with Crippen LogP contribution in [0.2, 0.25) is 0 Å². The fraction of sp³-hybridized carbons (Fsp3) is 0.733. The second-order valence-corrected chi connectivity index (χ2v) is 6.03. The molecule has 21 heavy (non-hydrogen) atoms. The Morgan fingerprint density at radius 3 is 2.38 bits per heavy atom. The first-order valence-corrected chi connectivity index (χ1v) is 7.91. The Labute approximate surface area is 125 Å². The van der Waals surface area contributed by atoms with E-state index in [2.05, 4.69) is 10.1 Å². The number of aromatic nitrogens is 1. The summed E-state index contributed by atoms with van der Waals surface area (Å²) in [5.41, 5.74) is 0.920. The van der Waals surface area contributed by atoms with Crippen molar-refractivity contribution in [1.29, 1.82) is 0 Å². The SMILES string of the molecule is Cc1cc(CN2CCN(C(=O)N3CCCCC3)CC2)on1. The molecule has 0 aliphatic carbocycles. The van der Waals surface area contributed by atoms with Crippen LogP contribution in [-0.4, -0.2) is 65.2 Å². The Balaban J connectivity index is 1.47. The van der Waals surface area contributed by atoms with E-state index in [0.29, 0.717) is 0 Å². The van der Waals surface area contributed by atoms with E-state index < -0.39 is 0 Å². The van der Waals surface area contributed by atoms with Gasteiger partial charge in [0, 0.05) is 45.3 Å². The topological polar surface area (TPSA) is 52.8 Å². The summed E-state index contributed by atoms with van der Waals surface area (Å²) in [6.07, 6.45) is 3.56. The Hall–Kier alpha value is -1.56. The molecule has 6 nitrogen and oxygen atoms in total. The van der Waals surface area contributed by atoms with Crippen LogP contribution in [0.4, 0.5) is 4.79 Å². The molecule has 2 saturated heterocycles. The van der Waals surface area contributed by atoms with Crippen LogP contribution in [0.1, 0.15) is 30.7 Å². The van der Waals surface area contributed by atoms with Crippen LogP contribution >= 0.6 is 0 Å². The van der Waals surface area contributed by atoms with Crippen LogP contribution in [0.5, 0.6) is 0 Å². The zero-order chi connectivity index (χ0) is 14.7. The van der Waals surface area contributed by atoms with E-state index in [0.717, 1.165) is 70.1 Å². The van der Waals surface area contributed by atoms with Gasteiger partial charge in [0.05, 0.1) is 12.2 Å². The van der Waals surface area contributed by atoms with Crippen LogP contribution in [0.25, 0.3) is 0 Å². The van der Waals surface area contributed by atoms with Crippen LogP contribution in [-0.2, 0) is 6.54 Å². The normalized spacial score (nSPS) is 20.8. The van der Waals surface area contributed by atoms with Crippen LogP contribution < -0.4 is 0 Å². The number of rotatable bonds is 2. The molecule has 0 spiro atoms. The molecule has 0 aromatic carbocycles. The lowest BCUT2D eigenvalue weighted by atomic mass is 10.1. The van der Waals surface area contributed by atoms with E-state index in [4.69, 9.17) is 4.52 Å². The lowest BCUT2D eigenvalue weighted by Gasteiger charge is -2.38. The minimum absolute atomic E-state index is 0.227. The number of amides is 2. The molecule has 2 aliphatic heterocycles. The lowest BCUT2D eigenvalue weighted by Crippen LogP contribution is -2.53. The van der Waals surface area contributed by atoms with E-state index in [1.165, 1.54) is 6.42 Å². The van der Waals surface area contributed by atoms with Crippen LogP contribution in [0, 0.1) is 6.92 Å². The Morgan fingerprint density at radius 1 is 1.10 bits per heavy atom. The van der Waals surface area contributed by atoms with Gasteiger partial charge in [-0.1, -0.05) is 5.16 Å². The van der Waals surface area contributed by atoms with Crippen molar-refractivity contribution >= 4 is 6.03 Å². The van der Waals surface area contributed by atoms with Gasteiger partial charge in [-0.2, -0.15) is 0 Å². The smallest absolute Gasteiger partial charge is 0.320 e. The first-order valence-electron chi connectivity index (χ1n) is 7.91. The number of hydrogen-bond donors (Lipinski definition) is 0. The van der Waals surface area contributed by atoms with Gasteiger partial charge in [0.2, 0.25) is 0 Å². The van der Waals surface area contributed by atoms with Gasteiger partial charge >= 0.3 is 6.03 Å². The van der Waals surface area contributed by atoms with E-state index >= 15 is 0 Å². The van der Waals surface area contributed by atoms with Crippen molar-refractivity contribution in [3.05, 3.63) is 17.5 Å². The maximum Gasteiger partial charge on any atom is 0.320 e. The molecule has 2 amide bonds. The number of likely N-dealkylation sites (tertiary alicyclic amines) is 1. The van der Waals surface area contributed by atoms with Crippen molar-refractivity contribution in [1.82, 2.24) is 19.9 Å². The number of piperidine rings is 1. The summed E-state index contributed by atoms with van der Waals surface area (Å²) in [5, 5.41) is 3.91. The third-order valence-corrected chi connectivity index (χ3v) is 4.33. The van der Waals surface area contributed by atoms with Gasteiger partial charge in [-0.25, -0.2) is 4.79 Å². The first-order chi connectivity index (χ1) is 10.2. The second-order valence-electron chi connectivity index (χ2n) is 6.03. The molecular formula is C15H24N4O2. The highest BCUT2D eigenvalue weighted by Crippen LogP contribution is 2.14. The molecule has 3 heterocycles. The summed E-state index contributed by atoms with van der Waals surface area (Å²) in [4.78, 5) is 18.8. The highest BCUT2D eigenvalue weighted by atomic mass is 16.5. The van der Waals surface area contributed by atoms with Crippen molar-refractivity contribution in [2.75, 3.05) is 39.3 Å². The Kier molecular flexibility index (Phi) is 4.43. The van der Waals surface area contributed by atoms with Gasteiger partial charge in [0.15, 0.2) is 5.76 Å². The molecule has 0 N–H and O–H groups in total. The Morgan fingerprint density at radius 2 is 1.76 bits per heavy atom. The van der Waals surface area contributed by atoms with Crippen molar-refractivity contribution in [3.63, 3.8) is 0 Å². The standard InChI is InChI=1S/C15H24N4O2/c1-13-11-14(21-16-13)12-17-7-9-19(10-8-17)15(20)18-5-3-2-4-6-18/h11H,2-10,12H2,1H3. The predicted molar refractivity (Wildman–Crippen MR) is 78.9 cm³/mol. The predicted octanol–water partition coefficient (Wildman–Crippen LogP) is 1.71. The molecule has 3 rings (SSSR count). The lowest BCUT2D eigenvalue weighted by molar-refractivity contribution is 0.101. The molecule has 0 radical (unpaired) electrons. The highest BCUT2D eigenvalue weighted by molar-refractivity contribution is 5.74. The van der Waals surface area contributed by atoms with Gasteiger partial charge in [-0.15, -0.1) is 0 Å². The van der Waals surface area contributed by atoms with E-state index in [9.17, 15) is 4.79 Å². The van der Waals surface area contributed by atoms with Gasteiger partial charge in [-0.05, 0) is 26.2 Å². The van der Waals surface area contributed by atoms with Crippen LogP contribution in [0.15, 0.2) is 10.6 Å².